The van der Waals surface area contributed by atoms with Crippen molar-refractivity contribution in [1.29, 1.82) is 0 Å². The Labute approximate surface area is 295 Å². The van der Waals surface area contributed by atoms with E-state index in [0.717, 1.165) is 55.6 Å². The van der Waals surface area contributed by atoms with Gasteiger partial charge in [-0.05, 0) is 105 Å². The van der Waals surface area contributed by atoms with Crippen molar-refractivity contribution in [2.24, 2.45) is 9.98 Å². The van der Waals surface area contributed by atoms with Crippen LogP contribution in [0, 0.1) is 0 Å². The van der Waals surface area contributed by atoms with E-state index in [0.29, 0.717) is 0 Å². The van der Waals surface area contributed by atoms with Gasteiger partial charge in [0.05, 0.1) is 6.04 Å². The molecule has 8 rings (SSSR count). The van der Waals surface area contributed by atoms with E-state index in [1.165, 1.54) is 55.7 Å². The zero-order valence-corrected chi connectivity index (χ0v) is 28.3. The van der Waals surface area contributed by atoms with Crippen molar-refractivity contribution >= 4 is 23.8 Å². The average Bonchev–Trinajstić information content (AvgIpc) is 3.20. The van der Waals surface area contributed by atoms with Crippen LogP contribution in [0.3, 0.4) is 0 Å². The topological polar surface area (TPSA) is 36.8 Å². The Morgan fingerprint density at radius 2 is 1.52 bits per heavy atom. The average molecular weight is 648 g/mol. The first-order valence-electron chi connectivity index (χ1n) is 17.8. The van der Waals surface area contributed by atoms with Gasteiger partial charge in [0.2, 0.25) is 0 Å². The van der Waals surface area contributed by atoms with Gasteiger partial charge in [0.15, 0.2) is 0 Å². The second-order valence-corrected chi connectivity index (χ2v) is 13.3. The smallest absolute Gasteiger partial charge is 0.129 e. The molecule has 0 bridgehead atoms. The molecule has 0 radical (unpaired) electrons. The molecule has 1 heterocycles. The number of nitrogens with one attached hydrogen (secondary N) is 1. The molecule has 1 aliphatic heterocycles. The van der Waals surface area contributed by atoms with E-state index in [2.05, 4.69) is 162 Å². The van der Waals surface area contributed by atoms with Crippen LogP contribution < -0.4 is 5.32 Å². The Bertz CT molecular complexity index is 2160. The van der Waals surface area contributed by atoms with Crippen LogP contribution in [0.5, 0.6) is 0 Å². The van der Waals surface area contributed by atoms with Crippen LogP contribution in [0.1, 0.15) is 59.5 Å². The van der Waals surface area contributed by atoms with Crippen LogP contribution in [-0.2, 0) is 12.8 Å². The molecule has 1 N–H and O–H groups in total. The number of hydrogen-bond donors (Lipinski definition) is 1. The highest BCUT2D eigenvalue weighted by atomic mass is 15.0. The molecule has 0 spiro atoms. The quantitative estimate of drug-likeness (QED) is 0.190. The van der Waals surface area contributed by atoms with Crippen molar-refractivity contribution < 1.29 is 0 Å². The zero-order chi connectivity index (χ0) is 33.5. The van der Waals surface area contributed by atoms with Gasteiger partial charge >= 0.3 is 0 Å². The lowest BCUT2D eigenvalue weighted by molar-refractivity contribution is 0.851. The fourth-order valence-corrected chi connectivity index (χ4v) is 7.11. The Morgan fingerprint density at radius 1 is 0.720 bits per heavy atom. The Kier molecular flexibility index (Phi) is 9.29. The van der Waals surface area contributed by atoms with Crippen molar-refractivity contribution in [1.82, 2.24) is 5.32 Å². The monoisotopic (exact) mass is 647 g/mol. The largest absolute Gasteiger partial charge is 0.340 e. The first-order valence-corrected chi connectivity index (χ1v) is 17.8. The predicted molar refractivity (Wildman–Crippen MR) is 211 cm³/mol. The van der Waals surface area contributed by atoms with Gasteiger partial charge in [-0.3, -0.25) is 9.98 Å². The third kappa shape index (κ3) is 7.28. The fraction of sp³-hybridized carbons (Fsp3) is 0.149. The molecule has 0 amide bonds. The molecular formula is C47H41N3. The molecule has 0 saturated heterocycles. The molecule has 4 aromatic carbocycles. The summed E-state index contributed by atoms with van der Waals surface area (Å²) >= 11 is 0. The summed E-state index contributed by atoms with van der Waals surface area (Å²) < 4.78 is 0. The summed E-state index contributed by atoms with van der Waals surface area (Å²) in [5.74, 6) is 0.965. The van der Waals surface area contributed by atoms with Crippen LogP contribution >= 0.6 is 0 Å². The van der Waals surface area contributed by atoms with E-state index >= 15 is 0 Å². The van der Waals surface area contributed by atoms with Crippen molar-refractivity contribution in [2.75, 3.05) is 0 Å². The standard InChI is InChI=1S/C47H41N3/c1-3-10-35(11-4-1)33-48-29-28-34-18-20-39(21-19-34)45-32-46(44-17-9-16-42(31-44)36-12-5-2-6-13-36)50-47(49-45)40-25-22-38(23-26-40)43-27-24-37-14-7-8-15-41(37)30-43/h1-10,12-22,25,29-33,46H,11,23-24,26-28H2,(H,49,50)/b35-33-,48-29?. The lowest BCUT2D eigenvalue weighted by Gasteiger charge is -2.27. The molecule has 4 aliphatic rings. The third-order valence-electron chi connectivity index (χ3n) is 9.94. The first kappa shape index (κ1) is 31.5. The molecular weight excluding hydrogens is 607 g/mol. The molecule has 0 fully saturated rings. The highest BCUT2D eigenvalue weighted by Crippen LogP contribution is 2.35. The van der Waals surface area contributed by atoms with Gasteiger partial charge in [-0.2, -0.15) is 0 Å². The Balaban J connectivity index is 1.06. The molecule has 0 saturated carbocycles. The van der Waals surface area contributed by atoms with Crippen LogP contribution in [-0.4, -0.2) is 12.1 Å². The van der Waals surface area contributed by atoms with Gasteiger partial charge in [0.25, 0.3) is 0 Å². The molecule has 3 aliphatic carbocycles. The summed E-state index contributed by atoms with van der Waals surface area (Å²) in [4.78, 5) is 9.90. The van der Waals surface area contributed by atoms with Gasteiger partial charge in [-0.15, -0.1) is 0 Å². The summed E-state index contributed by atoms with van der Waals surface area (Å²) in [6.45, 7) is 0. The minimum absolute atomic E-state index is 0.0997. The molecule has 50 heavy (non-hydrogen) atoms. The van der Waals surface area contributed by atoms with E-state index in [4.69, 9.17) is 4.99 Å². The number of aliphatic imine (C=N–C) groups is 2. The van der Waals surface area contributed by atoms with Crippen molar-refractivity contribution in [2.45, 2.75) is 44.6 Å². The summed E-state index contributed by atoms with van der Waals surface area (Å²) in [7, 11) is 0. The normalized spacial score (nSPS) is 19.2. The molecule has 1 atom stereocenters. The molecule has 3 heteroatoms. The van der Waals surface area contributed by atoms with E-state index in [1.54, 1.807) is 0 Å². The SMILES string of the molecule is C1=CC/C(=C\N=CCc2ccc(C3=CC(c4cccc(-c5ccccc5)c4)N=C(C4=CC=C(C5=Cc6ccccc6CC5)CC4)N3)cc2)C=C1. The molecule has 244 valence electrons. The number of allylic oxidation sites excluding steroid dienone is 9. The van der Waals surface area contributed by atoms with Crippen molar-refractivity contribution in [3.8, 4) is 11.1 Å². The number of amidine groups is 1. The summed E-state index contributed by atoms with van der Waals surface area (Å²) in [6, 6.07) is 37.0. The molecule has 3 nitrogen and oxygen atoms in total. The summed E-state index contributed by atoms with van der Waals surface area (Å²) in [6.07, 6.45) is 27.6. The summed E-state index contributed by atoms with van der Waals surface area (Å²) in [5.41, 5.74) is 15.3. The number of nitrogens with zero attached hydrogens (tertiary/aromatic N) is 2. The number of aryl methyl sites for hydroxylation is 1. The molecule has 4 aromatic rings. The lowest BCUT2D eigenvalue weighted by atomic mass is 9.84. The predicted octanol–water partition coefficient (Wildman–Crippen LogP) is 11.1. The van der Waals surface area contributed by atoms with Crippen LogP contribution in [0.15, 0.2) is 184 Å². The second kappa shape index (κ2) is 14.8. The van der Waals surface area contributed by atoms with E-state index < -0.39 is 0 Å². The van der Waals surface area contributed by atoms with Crippen molar-refractivity contribution in [3.05, 3.63) is 202 Å². The van der Waals surface area contributed by atoms with E-state index in [-0.39, 0.29) is 6.04 Å². The van der Waals surface area contributed by atoms with Crippen molar-refractivity contribution in [3.63, 3.8) is 0 Å². The van der Waals surface area contributed by atoms with E-state index in [1.807, 2.05) is 12.4 Å². The Hall–Kier alpha value is -5.80. The lowest BCUT2D eigenvalue weighted by Crippen LogP contribution is -2.29. The highest BCUT2D eigenvalue weighted by Gasteiger charge is 2.23. The van der Waals surface area contributed by atoms with Gasteiger partial charge in [0.1, 0.15) is 5.84 Å². The number of rotatable bonds is 8. The first-order chi connectivity index (χ1) is 24.7. The second-order valence-electron chi connectivity index (χ2n) is 13.3. The minimum Gasteiger partial charge on any atom is -0.340 e. The molecule has 0 aromatic heterocycles. The Morgan fingerprint density at radius 3 is 2.36 bits per heavy atom. The number of benzene rings is 4. The van der Waals surface area contributed by atoms with Crippen LogP contribution in [0.4, 0.5) is 0 Å². The van der Waals surface area contributed by atoms with E-state index in [9.17, 15) is 0 Å². The minimum atomic E-state index is -0.0997. The zero-order valence-electron chi connectivity index (χ0n) is 28.3. The highest BCUT2D eigenvalue weighted by molar-refractivity contribution is 6.05. The maximum atomic E-state index is 5.34. The van der Waals surface area contributed by atoms with Gasteiger partial charge in [-0.25, -0.2) is 0 Å². The number of hydrogen-bond acceptors (Lipinski definition) is 3. The maximum absolute atomic E-state index is 5.34. The van der Waals surface area contributed by atoms with Gasteiger partial charge < -0.3 is 5.32 Å². The van der Waals surface area contributed by atoms with Gasteiger partial charge in [-0.1, -0.05) is 140 Å². The third-order valence-corrected chi connectivity index (χ3v) is 9.94. The maximum Gasteiger partial charge on any atom is 0.129 e. The molecule has 1 unspecified atom stereocenters. The fourth-order valence-electron chi connectivity index (χ4n) is 7.11. The summed E-state index contributed by atoms with van der Waals surface area (Å²) in [5, 5.41) is 3.75. The van der Waals surface area contributed by atoms with Crippen LogP contribution in [0.2, 0.25) is 0 Å². The van der Waals surface area contributed by atoms with Crippen LogP contribution in [0.25, 0.3) is 22.9 Å². The number of fused-ring (bicyclic) bond motifs is 1. The van der Waals surface area contributed by atoms with Gasteiger partial charge in [0, 0.05) is 24.5 Å².